The number of aryl methyl sites for hydroxylation is 2. The summed E-state index contributed by atoms with van der Waals surface area (Å²) in [6.07, 6.45) is 25.8. The van der Waals surface area contributed by atoms with E-state index in [1.54, 1.807) is 18.2 Å². The summed E-state index contributed by atoms with van der Waals surface area (Å²) in [5.41, 5.74) is 3.13. The lowest BCUT2D eigenvalue weighted by Crippen LogP contribution is -2.14. The number of carbonyl (C=O) groups excluding carboxylic acids is 1. The number of sulfonamides is 1. The molecule has 0 spiro atoms. The molecule has 6 heteroatoms. The number of nitrogens with one attached hydrogen (secondary N) is 2. The van der Waals surface area contributed by atoms with Crippen LogP contribution in [-0.2, 0) is 14.8 Å². The summed E-state index contributed by atoms with van der Waals surface area (Å²) < 4.78 is 28.2. The fraction of sp³-hybridized carbons (Fsp3) is 0.639. The molecule has 0 fully saturated rings. The van der Waals surface area contributed by atoms with Crippen LogP contribution in [0.3, 0.4) is 0 Å². The lowest BCUT2D eigenvalue weighted by molar-refractivity contribution is -0.116. The van der Waals surface area contributed by atoms with Crippen LogP contribution in [0.15, 0.2) is 47.4 Å². The van der Waals surface area contributed by atoms with Crippen LogP contribution in [-0.4, -0.2) is 14.3 Å². The molecule has 0 aromatic heterocycles. The van der Waals surface area contributed by atoms with Gasteiger partial charge in [0.2, 0.25) is 5.91 Å². The van der Waals surface area contributed by atoms with Crippen molar-refractivity contribution >= 4 is 27.3 Å². The van der Waals surface area contributed by atoms with E-state index in [0.29, 0.717) is 17.8 Å². The third-order valence-electron chi connectivity index (χ3n) is 8.08. The number of benzene rings is 2. The second-order valence-electron chi connectivity index (χ2n) is 12.1. The highest BCUT2D eigenvalue weighted by Crippen LogP contribution is 2.22. The van der Waals surface area contributed by atoms with E-state index in [4.69, 9.17) is 0 Å². The maximum atomic E-state index is 12.8. The largest absolute Gasteiger partial charge is 0.326 e. The standard InChI is InChI=1S/C36H58N2O3S/c1-4-5-6-7-8-9-10-11-12-13-14-15-16-17-18-19-20-21-22-23-36(39)37-33-25-27-34(28-26-33)42(40,41)38-35-29-24-31(2)30-32(35)3/h24-30,38H,4-23H2,1-3H3,(H,37,39). The Labute approximate surface area is 257 Å². The number of amides is 1. The molecule has 2 rings (SSSR count). The Morgan fingerprint density at radius 2 is 1.07 bits per heavy atom. The predicted molar refractivity (Wildman–Crippen MR) is 180 cm³/mol. The summed E-state index contributed by atoms with van der Waals surface area (Å²) >= 11 is 0. The third kappa shape index (κ3) is 15.8. The molecule has 0 saturated carbocycles. The van der Waals surface area contributed by atoms with Crippen LogP contribution in [0, 0.1) is 13.8 Å². The first-order chi connectivity index (χ1) is 20.3. The molecule has 0 unspecified atom stereocenters. The second kappa shape index (κ2) is 21.4. The Morgan fingerprint density at radius 3 is 1.52 bits per heavy atom. The molecule has 0 saturated heterocycles. The van der Waals surface area contributed by atoms with Gasteiger partial charge >= 0.3 is 0 Å². The molecular weight excluding hydrogens is 540 g/mol. The fourth-order valence-electron chi connectivity index (χ4n) is 5.44. The van der Waals surface area contributed by atoms with Crippen LogP contribution in [0.25, 0.3) is 0 Å². The van der Waals surface area contributed by atoms with Gasteiger partial charge in [-0.15, -0.1) is 0 Å². The zero-order valence-corrected chi connectivity index (χ0v) is 27.6. The monoisotopic (exact) mass is 598 g/mol. The third-order valence-corrected chi connectivity index (χ3v) is 9.46. The molecule has 0 aliphatic heterocycles. The molecule has 0 aliphatic rings. The average Bonchev–Trinajstić information content (AvgIpc) is 2.96. The van der Waals surface area contributed by atoms with Crippen molar-refractivity contribution in [1.82, 2.24) is 0 Å². The molecule has 42 heavy (non-hydrogen) atoms. The minimum atomic E-state index is -3.70. The van der Waals surface area contributed by atoms with Gasteiger partial charge in [-0.05, 0) is 56.2 Å². The van der Waals surface area contributed by atoms with E-state index in [1.807, 2.05) is 26.0 Å². The van der Waals surface area contributed by atoms with E-state index in [9.17, 15) is 13.2 Å². The summed E-state index contributed by atoms with van der Waals surface area (Å²) in [5, 5.41) is 2.89. The Morgan fingerprint density at radius 1 is 0.619 bits per heavy atom. The fourth-order valence-corrected chi connectivity index (χ4v) is 6.57. The van der Waals surface area contributed by atoms with Gasteiger partial charge in [0.25, 0.3) is 10.0 Å². The van der Waals surface area contributed by atoms with E-state index >= 15 is 0 Å². The topological polar surface area (TPSA) is 75.3 Å². The van der Waals surface area contributed by atoms with Crippen LogP contribution >= 0.6 is 0 Å². The smallest absolute Gasteiger partial charge is 0.261 e. The van der Waals surface area contributed by atoms with Crippen LogP contribution in [0.1, 0.15) is 146 Å². The molecule has 0 atom stereocenters. The van der Waals surface area contributed by atoms with E-state index < -0.39 is 10.0 Å². The Hall–Kier alpha value is -2.34. The van der Waals surface area contributed by atoms with Gasteiger partial charge in [0.1, 0.15) is 0 Å². The van der Waals surface area contributed by atoms with E-state index in [-0.39, 0.29) is 10.8 Å². The quantitative estimate of drug-likeness (QED) is 0.118. The van der Waals surface area contributed by atoms with Crippen molar-refractivity contribution in [3.8, 4) is 0 Å². The van der Waals surface area contributed by atoms with Gasteiger partial charge in [-0.25, -0.2) is 8.42 Å². The lowest BCUT2D eigenvalue weighted by atomic mass is 10.0. The molecule has 0 bridgehead atoms. The minimum Gasteiger partial charge on any atom is -0.326 e. The maximum Gasteiger partial charge on any atom is 0.261 e. The van der Waals surface area contributed by atoms with Gasteiger partial charge in [-0.3, -0.25) is 9.52 Å². The molecular formula is C36H58N2O3S. The van der Waals surface area contributed by atoms with Crippen molar-refractivity contribution in [3.63, 3.8) is 0 Å². The zero-order valence-electron chi connectivity index (χ0n) is 26.8. The van der Waals surface area contributed by atoms with Gasteiger partial charge in [-0.1, -0.05) is 140 Å². The van der Waals surface area contributed by atoms with Crippen LogP contribution in [0.5, 0.6) is 0 Å². The maximum absolute atomic E-state index is 12.8. The van der Waals surface area contributed by atoms with Gasteiger partial charge in [0.05, 0.1) is 10.6 Å². The molecule has 5 nitrogen and oxygen atoms in total. The van der Waals surface area contributed by atoms with Gasteiger partial charge in [0.15, 0.2) is 0 Å². The summed E-state index contributed by atoms with van der Waals surface area (Å²) in [6, 6.07) is 11.9. The Bertz CT molecular complexity index is 1110. The second-order valence-corrected chi connectivity index (χ2v) is 13.8. The summed E-state index contributed by atoms with van der Waals surface area (Å²) in [7, 11) is -3.70. The van der Waals surface area contributed by atoms with Crippen molar-refractivity contribution in [3.05, 3.63) is 53.6 Å². The summed E-state index contributed by atoms with van der Waals surface area (Å²) in [5.74, 6) is -0.0222. The zero-order chi connectivity index (χ0) is 30.5. The highest BCUT2D eigenvalue weighted by Gasteiger charge is 2.15. The highest BCUT2D eigenvalue weighted by molar-refractivity contribution is 7.92. The van der Waals surface area contributed by atoms with Gasteiger partial charge in [0, 0.05) is 12.1 Å². The predicted octanol–water partition coefficient (Wildman–Crippen LogP) is 10.9. The number of rotatable bonds is 24. The lowest BCUT2D eigenvalue weighted by Gasteiger charge is -2.12. The molecule has 1 amide bonds. The average molecular weight is 599 g/mol. The first-order valence-electron chi connectivity index (χ1n) is 16.8. The van der Waals surface area contributed by atoms with Crippen LogP contribution < -0.4 is 10.0 Å². The normalized spacial score (nSPS) is 11.5. The van der Waals surface area contributed by atoms with Crippen molar-refractivity contribution in [2.24, 2.45) is 0 Å². The number of carbonyl (C=O) groups is 1. The minimum absolute atomic E-state index is 0.0222. The van der Waals surface area contributed by atoms with Gasteiger partial charge < -0.3 is 5.32 Å². The molecule has 0 heterocycles. The van der Waals surface area contributed by atoms with Crippen LogP contribution in [0.4, 0.5) is 11.4 Å². The first kappa shape index (κ1) is 35.9. The van der Waals surface area contributed by atoms with E-state index in [0.717, 1.165) is 24.0 Å². The molecule has 0 aliphatic carbocycles. The van der Waals surface area contributed by atoms with Crippen LogP contribution in [0.2, 0.25) is 0 Å². The number of anilines is 2. The number of hydrogen-bond donors (Lipinski definition) is 2. The van der Waals surface area contributed by atoms with Crippen molar-refractivity contribution < 1.29 is 13.2 Å². The Balaban J connectivity index is 1.45. The van der Waals surface area contributed by atoms with Crippen molar-refractivity contribution in [2.45, 2.75) is 154 Å². The Kier molecular flexibility index (Phi) is 18.2. The summed E-state index contributed by atoms with van der Waals surface area (Å²) in [4.78, 5) is 12.5. The molecule has 2 aromatic rings. The molecule has 2 N–H and O–H groups in total. The van der Waals surface area contributed by atoms with Crippen molar-refractivity contribution in [1.29, 1.82) is 0 Å². The van der Waals surface area contributed by atoms with E-state index in [2.05, 4.69) is 17.0 Å². The highest BCUT2D eigenvalue weighted by atomic mass is 32.2. The SMILES string of the molecule is CCCCCCCCCCCCCCCCCCCCCC(=O)Nc1ccc(S(=O)(=O)Nc2ccc(C)cc2C)cc1. The van der Waals surface area contributed by atoms with Gasteiger partial charge in [-0.2, -0.15) is 0 Å². The van der Waals surface area contributed by atoms with Crippen molar-refractivity contribution in [2.75, 3.05) is 10.0 Å². The molecule has 236 valence electrons. The number of unbranched alkanes of at least 4 members (excludes halogenated alkanes) is 18. The first-order valence-corrected chi connectivity index (χ1v) is 18.3. The molecule has 2 aromatic carbocycles. The number of hydrogen-bond acceptors (Lipinski definition) is 3. The van der Waals surface area contributed by atoms with E-state index in [1.165, 1.54) is 121 Å². The summed E-state index contributed by atoms with van der Waals surface area (Å²) in [6.45, 7) is 6.13. The molecule has 0 radical (unpaired) electrons.